The van der Waals surface area contributed by atoms with E-state index in [1.807, 2.05) is 26.0 Å². The van der Waals surface area contributed by atoms with E-state index in [-0.39, 0.29) is 11.8 Å². The normalized spacial score (nSPS) is 15.1. The van der Waals surface area contributed by atoms with Crippen molar-refractivity contribution in [3.05, 3.63) is 44.9 Å². The molecule has 2 aromatic rings. The number of rotatable bonds is 4. The summed E-state index contributed by atoms with van der Waals surface area (Å²) in [6.45, 7) is 7.93. The van der Waals surface area contributed by atoms with Gasteiger partial charge >= 0.3 is 0 Å². The SMILES string of the molecule is CCc1cccc(C)c1NC(=O)C(C)c1nc2c(s1)CNCC2. The second-order valence-electron chi connectivity index (χ2n) is 6.02. The fourth-order valence-electron chi connectivity index (χ4n) is 2.88. The Labute approximate surface area is 141 Å². The number of nitrogens with zero attached hydrogens (tertiary/aromatic N) is 1. The molecule has 4 nitrogen and oxygen atoms in total. The Hall–Kier alpha value is -1.72. The van der Waals surface area contributed by atoms with Crippen molar-refractivity contribution in [3.8, 4) is 0 Å². The Morgan fingerprint density at radius 2 is 2.30 bits per heavy atom. The van der Waals surface area contributed by atoms with E-state index in [2.05, 4.69) is 23.6 Å². The maximum atomic E-state index is 12.7. The third-order valence-corrected chi connectivity index (χ3v) is 5.65. The van der Waals surface area contributed by atoms with E-state index >= 15 is 0 Å². The van der Waals surface area contributed by atoms with Crippen LogP contribution in [0.15, 0.2) is 18.2 Å². The number of fused-ring (bicyclic) bond motifs is 1. The molecule has 1 aromatic carbocycles. The average molecular weight is 329 g/mol. The average Bonchev–Trinajstić information content (AvgIpc) is 2.99. The first kappa shape index (κ1) is 16.1. The van der Waals surface area contributed by atoms with Gasteiger partial charge in [0.15, 0.2) is 0 Å². The largest absolute Gasteiger partial charge is 0.325 e. The quantitative estimate of drug-likeness (QED) is 0.904. The van der Waals surface area contributed by atoms with Crippen LogP contribution in [0, 0.1) is 6.92 Å². The van der Waals surface area contributed by atoms with Crippen LogP contribution >= 0.6 is 11.3 Å². The molecule has 0 saturated heterocycles. The Bertz CT molecular complexity index is 700. The molecule has 0 spiro atoms. The minimum absolute atomic E-state index is 0.0213. The predicted octanol–water partition coefficient (Wildman–Crippen LogP) is 3.40. The minimum Gasteiger partial charge on any atom is -0.325 e. The highest BCUT2D eigenvalue weighted by atomic mass is 32.1. The van der Waals surface area contributed by atoms with Gasteiger partial charge in [-0.15, -0.1) is 11.3 Å². The van der Waals surface area contributed by atoms with Gasteiger partial charge in [-0.3, -0.25) is 4.79 Å². The summed E-state index contributed by atoms with van der Waals surface area (Å²) in [6, 6.07) is 6.14. The molecule has 1 amide bonds. The van der Waals surface area contributed by atoms with Crippen LogP contribution in [0.2, 0.25) is 0 Å². The van der Waals surface area contributed by atoms with Crippen LogP contribution in [0.1, 0.15) is 46.5 Å². The van der Waals surface area contributed by atoms with Crippen molar-refractivity contribution in [1.82, 2.24) is 10.3 Å². The van der Waals surface area contributed by atoms with Crippen molar-refractivity contribution in [2.45, 2.75) is 46.1 Å². The van der Waals surface area contributed by atoms with Crippen LogP contribution in [0.25, 0.3) is 0 Å². The number of hydrogen-bond acceptors (Lipinski definition) is 4. The smallest absolute Gasteiger partial charge is 0.234 e. The molecule has 23 heavy (non-hydrogen) atoms. The van der Waals surface area contributed by atoms with Crippen molar-refractivity contribution < 1.29 is 4.79 Å². The molecule has 0 fully saturated rings. The zero-order valence-corrected chi connectivity index (χ0v) is 14.7. The van der Waals surface area contributed by atoms with E-state index in [0.29, 0.717) is 0 Å². The predicted molar refractivity (Wildman–Crippen MR) is 95.1 cm³/mol. The Morgan fingerprint density at radius 1 is 1.48 bits per heavy atom. The van der Waals surface area contributed by atoms with Crippen molar-refractivity contribution in [2.24, 2.45) is 0 Å². The van der Waals surface area contributed by atoms with E-state index < -0.39 is 0 Å². The van der Waals surface area contributed by atoms with Gasteiger partial charge in [0, 0.05) is 30.1 Å². The van der Waals surface area contributed by atoms with Crippen molar-refractivity contribution in [3.63, 3.8) is 0 Å². The van der Waals surface area contributed by atoms with E-state index in [0.717, 1.165) is 47.9 Å². The number of hydrogen-bond donors (Lipinski definition) is 2. The molecule has 1 aliphatic heterocycles. The summed E-state index contributed by atoms with van der Waals surface area (Å²) in [5.74, 6) is -0.206. The van der Waals surface area contributed by atoms with Gasteiger partial charge in [-0.05, 0) is 31.4 Å². The summed E-state index contributed by atoms with van der Waals surface area (Å²) in [4.78, 5) is 18.7. The molecule has 0 aliphatic carbocycles. The van der Waals surface area contributed by atoms with Crippen LogP contribution < -0.4 is 10.6 Å². The molecule has 1 aliphatic rings. The van der Waals surface area contributed by atoms with Crippen LogP contribution in [-0.2, 0) is 24.2 Å². The third kappa shape index (κ3) is 3.31. The molecule has 0 radical (unpaired) electrons. The summed E-state index contributed by atoms with van der Waals surface area (Å²) in [5, 5.41) is 7.39. The zero-order valence-electron chi connectivity index (χ0n) is 13.9. The lowest BCUT2D eigenvalue weighted by molar-refractivity contribution is -0.117. The second-order valence-corrected chi connectivity index (χ2v) is 7.14. The molecule has 1 aromatic heterocycles. The summed E-state index contributed by atoms with van der Waals surface area (Å²) in [7, 11) is 0. The number of aryl methyl sites for hydroxylation is 2. The van der Waals surface area contributed by atoms with Gasteiger partial charge in [0.2, 0.25) is 5.91 Å². The lowest BCUT2D eigenvalue weighted by Crippen LogP contribution is -2.22. The third-order valence-electron chi connectivity index (χ3n) is 4.37. The summed E-state index contributed by atoms with van der Waals surface area (Å²) in [5.41, 5.74) is 4.39. The molecule has 3 rings (SSSR count). The summed E-state index contributed by atoms with van der Waals surface area (Å²) >= 11 is 1.66. The number of amides is 1. The zero-order chi connectivity index (χ0) is 16.4. The summed E-state index contributed by atoms with van der Waals surface area (Å²) < 4.78 is 0. The van der Waals surface area contributed by atoms with Crippen molar-refractivity contribution >= 4 is 22.9 Å². The maximum absolute atomic E-state index is 12.7. The minimum atomic E-state index is -0.227. The fraction of sp³-hybridized carbons (Fsp3) is 0.444. The number of anilines is 1. The van der Waals surface area contributed by atoms with Crippen molar-refractivity contribution in [1.29, 1.82) is 0 Å². The number of thiazole rings is 1. The van der Waals surface area contributed by atoms with Gasteiger partial charge in [-0.2, -0.15) is 0 Å². The number of nitrogens with one attached hydrogen (secondary N) is 2. The topological polar surface area (TPSA) is 54.0 Å². The molecule has 0 saturated carbocycles. The number of benzene rings is 1. The van der Waals surface area contributed by atoms with Gasteiger partial charge in [0.25, 0.3) is 0 Å². The van der Waals surface area contributed by atoms with E-state index in [1.54, 1.807) is 11.3 Å². The van der Waals surface area contributed by atoms with E-state index in [9.17, 15) is 4.79 Å². The first-order valence-electron chi connectivity index (χ1n) is 8.18. The van der Waals surface area contributed by atoms with Gasteiger partial charge in [-0.1, -0.05) is 25.1 Å². The Kier molecular flexibility index (Phi) is 4.78. The number of aromatic nitrogens is 1. The highest BCUT2D eigenvalue weighted by Crippen LogP contribution is 2.29. The lowest BCUT2D eigenvalue weighted by atomic mass is 10.0. The number of carbonyl (C=O) groups is 1. The fourth-order valence-corrected chi connectivity index (χ4v) is 4.01. The van der Waals surface area contributed by atoms with Crippen molar-refractivity contribution in [2.75, 3.05) is 11.9 Å². The Balaban J connectivity index is 1.79. The highest BCUT2D eigenvalue weighted by Gasteiger charge is 2.23. The van der Waals surface area contributed by atoms with Crippen LogP contribution in [0.5, 0.6) is 0 Å². The number of para-hydroxylation sites is 1. The Morgan fingerprint density at radius 3 is 3.04 bits per heavy atom. The first-order chi connectivity index (χ1) is 11.1. The molecule has 2 N–H and O–H groups in total. The maximum Gasteiger partial charge on any atom is 0.234 e. The second kappa shape index (κ2) is 6.81. The number of carbonyl (C=O) groups excluding carboxylic acids is 1. The van der Waals surface area contributed by atoms with Crippen LogP contribution in [-0.4, -0.2) is 17.4 Å². The molecule has 2 heterocycles. The molecule has 5 heteroatoms. The summed E-state index contributed by atoms with van der Waals surface area (Å²) in [6.07, 6.45) is 1.86. The molecule has 1 unspecified atom stereocenters. The standard InChI is InChI=1S/C18H23N3OS/c1-4-13-7-5-6-11(2)16(13)21-17(22)12(3)18-20-14-8-9-19-10-15(14)23-18/h5-7,12,19H,4,8-10H2,1-3H3,(H,21,22). The van der Waals surface area contributed by atoms with Crippen LogP contribution in [0.3, 0.4) is 0 Å². The molecular formula is C18H23N3OS. The van der Waals surface area contributed by atoms with Gasteiger partial charge in [0.1, 0.15) is 5.01 Å². The van der Waals surface area contributed by atoms with Gasteiger partial charge in [-0.25, -0.2) is 4.98 Å². The van der Waals surface area contributed by atoms with E-state index in [4.69, 9.17) is 4.98 Å². The highest BCUT2D eigenvalue weighted by molar-refractivity contribution is 7.12. The van der Waals surface area contributed by atoms with Gasteiger partial charge in [0.05, 0.1) is 11.6 Å². The first-order valence-corrected chi connectivity index (χ1v) is 9.00. The monoisotopic (exact) mass is 329 g/mol. The molecule has 122 valence electrons. The van der Waals surface area contributed by atoms with Gasteiger partial charge < -0.3 is 10.6 Å². The molecule has 0 bridgehead atoms. The van der Waals surface area contributed by atoms with Crippen LogP contribution in [0.4, 0.5) is 5.69 Å². The molecule has 1 atom stereocenters. The van der Waals surface area contributed by atoms with E-state index in [1.165, 1.54) is 10.4 Å². The lowest BCUT2D eigenvalue weighted by Gasteiger charge is -2.15. The molecular weight excluding hydrogens is 306 g/mol.